The molecule has 0 unspecified atom stereocenters. The van der Waals surface area contributed by atoms with E-state index in [1.807, 2.05) is 24.3 Å². The molecule has 7 heteroatoms. The predicted molar refractivity (Wildman–Crippen MR) is 70.9 cm³/mol. The SMILES string of the molecule is Cn1c([N+](=O)[O-])cnc1SCc1ccc(Cl)cc1. The lowest BCUT2D eigenvalue weighted by molar-refractivity contribution is -0.392. The zero-order chi connectivity index (χ0) is 13.1. The van der Waals surface area contributed by atoms with E-state index in [9.17, 15) is 10.1 Å². The molecule has 1 aromatic carbocycles. The van der Waals surface area contributed by atoms with E-state index >= 15 is 0 Å². The van der Waals surface area contributed by atoms with Gasteiger partial charge in [-0.3, -0.25) is 0 Å². The fourth-order valence-corrected chi connectivity index (χ4v) is 2.44. The topological polar surface area (TPSA) is 61.0 Å². The summed E-state index contributed by atoms with van der Waals surface area (Å²) >= 11 is 7.24. The van der Waals surface area contributed by atoms with Gasteiger partial charge in [-0.05, 0) is 22.6 Å². The molecule has 0 amide bonds. The zero-order valence-electron chi connectivity index (χ0n) is 9.54. The zero-order valence-corrected chi connectivity index (χ0v) is 11.1. The van der Waals surface area contributed by atoms with E-state index in [1.165, 1.54) is 22.5 Å². The van der Waals surface area contributed by atoms with Crippen molar-refractivity contribution in [3.8, 4) is 0 Å². The summed E-state index contributed by atoms with van der Waals surface area (Å²) < 4.78 is 1.47. The highest BCUT2D eigenvalue weighted by atomic mass is 35.5. The van der Waals surface area contributed by atoms with Crippen LogP contribution in [0.3, 0.4) is 0 Å². The van der Waals surface area contributed by atoms with E-state index in [-0.39, 0.29) is 5.82 Å². The van der Waals surface area contributed by atoms with Gasteiger partial charge in [-0.25, -0.2) is 9.55 Å². The van der Waals surface area contributed by atoms with Gasteiger partial charge in [0.1, 0.15) is 6.20 Å². The van der Waals surface area contributed by atoms with Crippen LogP contribution < -0.4 is 0 Å². The molecule has 0 spiro atoms. The number of halogens is 1. The van der Waals surface area contributed by atoms with Crippen molar-refractivity contribution in [3.05, 3.63) is 51.2 Å². The molecule has 1 heterocycles. The molecule has 18 heavy (non-hydrogen) atoms. The highest BCUT2D eigenvalue weighted by Crippen LogP contribution is 2.25. The van der Waals surface area contributed by atoms with Gasteiger partial charge in [0.05, 0.1) is 7.05 Å². The average molecular weight is 284 g/mol. The Morgan fingerprint density at radius 2 is 2.11 bits per heavy atom. The van der Waals surface area contributed by atoms with E-state index in [0.717, 1.165) is 5.56 Å². The van der Waals surface area contributed by atoms with Crippen LogP contribution in [0.2, 0.25) is 5.02 Å². The molecular formula is C11H10ClN3O2S. The Kier molecular flexibility index (Phi) is 3.88. The maximum absolute atomic E-state index is 10.7. The third kappa shape index (κ3) is 2.83. The fourth-order valence-electron chi connectivity index (χ4n) is 1.42. The molecule has 2 aromatic rings. The van der Waals surface area contributed by atoms with Gasteiger partial charge in [0.2, 0.25) is 0 Å². The summed E-state index contributed by atoms with van der Waals surface area (Å²) in [5, 5.41) is 12.0. The van der Waals surface area contributed by atoms with E-state index in [0.29, 0.717) is 15.9 Å². The minimum atomic E-state index is -0.445. The van der Waals surface area contributed by atoms with Crippen molar-refractivity contribution in [1.29, 1.82) is 0 Å². The number of hydrogen-bond acceptors (Lipinski definition) is 4. The molecule has 0 aliphatic rings. The van der Waals surface area contributed by atoms with Crippen LogP contribution >= 0.6 is 23.4 Å². The number of nitrogens with zero attached hydrogens (tertiary/aromatic N) is 3. The second-order valence-electron chi connectivity index (χ2n) is 3.63. The summed E-state index contributed by atoms with van der Waals surface area (Å²) in [6, 6.07) is 7.48. The number of hydrogen-bond donors (Lipinski definition) is 0. The van der Waals surface area contributed by atoms with Crippen molar-refractivity contribution in [2.24, 2.45) is 7.05 Å². The molecule has 2 rings (SSSR count). The molecule has 94 valence electrons. The van der Waals surface area contributed by atoms with Crippen LogP contribution in [0.1, 0.15) is 5.56 Å². The highest BCUT2D eigenvalue weighted by Gasteiger charge is 2.16. The summed E-state index contributed by atoms with van der Waals surface area (Å²) in [5.74, 6) is 0.688. The minimum absolute atomic E-state index is 0.00592. The monoisotopic (exact) mass is 283 g/mol. The largest absolute Gasteiger partial charge is 0.358 e. The molecule has 0 atom stereocenters. The molecule has 0 radical (unpaired) electrons. The highest BCUT2D eigenvalue weighted by molar-refractivity contribution is 7.98. The molecule has 0 bridgehead atoms. The quantitative estimate of drug-likeness (QED) is 0.491. The van der Waals surface area contributed by atoms with Gasteiger partial charge < -0.3 is 10.1 Å². The maximum Gasteiger partial charge on any atom is 0.343 e. The van der Waals surface area contributed by atoms with E-state index in [4.69, 9.17) is 11.6 Å². The first-order valence-corrected chi connectivity index (χ1v) is 6.47. The number of nitro groups is 1. The molecule has 5 nitrogen and oxygen atoms in total. The van der Waals surface area contributed by atoms with Gasteiger partial charge in [0.25, 0.3) is 5.16 Å². The van der Waals surface area contributed by atoms with Crippen molar-refractivity contribution < 1.29 is 4.92 Å². The fraction of sp³-hybridized carbons (Fsp3) is 0.182. The Bertz CT molecular complexity index is 568. The number of imidazole rings is 1. The molecule has 0 saturated carbocycles. The van der Waals surface area contributed by atoms with Gasteiger partial charge in [0.15, 0.2) is 0 Å². The smallest absolute Gasteiger partial charge is 0.343 e. The lowest BCUT2D eigenvalue weighted by Crippen LogP contribution is -1.98. The summed E-state index contributed by atoms with van der Waals surface area (Å²) in [4.78, 5) is 14.3. The van der Waals surface area contributed by atoms with E-state index < -0.39 is 4.92 Å². The van der Waals surface area contributed by atoms with Gasteiger partial charge in [-0.2, -0.15) is 0 Å². The summed E-state index contributed by atoms with van der Waals surface area (Å²) in [6.07, 6.45) is 1.27. The predicted octanol–water partition coefficient (Wildman–Crippen LogP) is 3.27. The molecule has 0 aliphatic heterocycles. The van der Waals surface area contributed by atoms with Crippen LogP contribution in [0.15, 0.2) is 35.6 Å². The van der Waals surface area contributed by atoms with Crippen molar-refractivity contribution in [2.45, 2.75) is 10.9 Å². The van der Waals surface area contributed by atoms with Gasteiger partial charge >= 0.3 is 5.82 Å². The van der Waals surface area contributed by atoms with Gasteiger partial charge in [-0.15, -0.1) is 0 Å². The molecule has 0 fully saturated rings. The Balaban J connectivity index is 2.06. The van der Waals surface area contributed by atoms with Gasteiger partial charge in [0, 0.05) is 10.8 Å². The first kappa shape index (κ1) is 12.9. The number of rotatable bonds is 4. The van der Waals surface area contributed by atoms with Crippen LogP contribution in [-0.4, -0.2) is 14.5 Å². The van der Waals surface area contributed by atoms with Crippen molar-refractivity contribution in [3.63, 3.8) is 0 Å². The number of thioether (sulfide) groups is 1. The summed E-state index contributed by atoms with van der Waals surface area (Å²) in [6.45, 7) is 0. The second kappa shape index (κ2) is 5.41. The van der Waals surface area contributed by atoms with Crippen molar-refractivity contribution >= 4 is 29.2 Å². The first-order valence-electron chi connectivity index (χ1n) is 5.11. The third-order valence-electron chi connectivity index (χ3n) is 2.39. The minimum Gasteiger partial charge on any atom is -0.358 e. The molecule has 0 N–H and O–H groups in total. The summed E-state index contributed by atoms with van der Waals surface area (Å²) in [5.41, 5.74) is 1.09. The number of benzene rings is 1. The molecule has 0 aliphatic carbocycles. The van der Waals surface area contributed by atoms with Gasteiger partial charge in [-0.1, -0.05) is 35.5 Å². The van der Waals surface area contributed by atoms with Crippen LogP contribution in [0, 0.1) is 10.1 Å². The lowest BCUT2D eigenvalue weighted by Gasteiger charge is -2.00. The summed E-state index contributed by atoms with van der Waals surface area (Å²) in [7, 11) is 1.63. The van der Waals surface area contributed by atoms with Crippen molar-refractivity contribution in [1.82, 2.24) is 9.55 Å². The average Bonchev–Trinajstić information content (AvgIpc) is 2.70. The molecule has 1 aromatic heterocycles. The first-order chi connectivity index (χ1) is 8.58. The second-order valence-corrected chi connectivity index (χ2v) is 5.01. The maximum atomic E-state index is 10.7. The molecule has 0 saturated heterocycles. The Hall–Kier alpha value is -1.53. The third-order valence-corrected chi connectivity index (χ3v) is 3.76. The Morgan fingerprint density at radius 3 is 2.67 bits per heavy atom. The normalized spacial score (nSPS) is 10.6. The Morgan fingerprint density at radius 1 is 1.44 bits per heavy atom. The van der Waals surface area contributed by atoms with Crippen LogP contribution in [0.25, 0.3) is 0 Å². The van der Waals surface area contributed by atoms with E-state index in [1.54, 1.807) is 7.05 Å². The van der Waals surface area contributed by atoms with Crippen LogP contribution in [0.5, 0.6) is 0 Å². The Labute approximate surface area is 113 Å². The lowest BCUT2D eigenvalue weighted by atomic mass is 10.2. The number of aromatic nitrogens is 2. The van der Waals surface area contributed by atoms with Crippen LogP contribution in [0.4, 0.5) is 5.82 Å². The van der Waals surface area contributed by atoms with Crippen molar-refractivity contribution in [2.75, 3.05) is 0 Å². The standard InChI is InChI=1S/C11H10ClN3O2S/c1-14-10(15(16)17)6-13-11(14)18-7-8-2-4-9(12)5-3-8/h2-6H,7H2,1H3. The van der Waals surface area contributed by atoms with Crippen LogP contribution in [-0.2, 0) is 12.8 Å². The molecular weight excluding hydrogens is 274 g/mol. The van der Waals surface area contributed by atoms with E-state index in [2.05, 4.69) is 4.98 Å².